The number of hydrogen-bond donors (Lipinski definition) is 0. The van der Waals surface area contributed by atoms with E-state index in [0.717, 1.165) is 11.6 Å². The zero-order valence-corrected chi connectivity index (χ0v) is 16.4. The fraction of sp³-hybridized carbons (Fsp3) is 0.368. The van der Waals surface area contributed by atoms with Gasteiger partial charge in [-0.1, -0.05) is 30.3 Å². The van der Waals surface area contributed by atoms with Gasteiger partial charge in [0.25, 0.3) is 0 Å². The predicted molar refractivity (Wildman–Crippen MR) is 100 cm³/mol. The lowest BCUT2D eigenvalue weighted by Gasteiger charge is -2.39. The quantitative estimate of drug-likeness (QED) is 0.780. The number of rotatable bonds is 5. The van der Waals surface area contributed by atoms with Crippen LogP contribution in [0.25, 0.3) is 0 Å². The number of likely N-dealkylation sites (N-methyl/N-ethyl adjacent to an activating group) is 1. The first-order chi connectivity index (χ1) is 12.9. The molecule has 0 aliphatic carbocycles. The number of benzene rings is 2. The molecule has 1 aliphatic heterocycles. The highest BCUT2D eigenvalue weighted by Gasteiger charge is 2.38. The van der Waals surface area contributed by atoms with Crippen LogP contribution in [-0.2, 0) is 10.0 Å². The van der Waals surface area contributed by atoms with Gasteiger partial charge in [-0.25, -0.2) is 12.8 Å². The van der Waals surface area contributed by atoms with Crippen LogP contribution in [0, 0.1) is 5.82 Å². The van der Waals surface area contributed by atoms with Crippen molar-refractivity contribution in [3.05, 3.63) is 53.8 Å². The minimum Gasteiger partial charge on any atom is -0.493 e. The fourth-order valence-corrected chi connectivity index (χ4v) is 4.96. The van der Waals surface area contributed by atoms with E-state index < -0.39 is 26.8 Å². The van der Waals surface area contributed by atoms with Gasteiger partial charge >= 0.3 is 0 Å². The van der Waals surface area contributed by atoms with E-state index in [1.807, 2.05) is 37.4 Å². The summed E-state index contributed by atoms with van der Waals surface area (Å²) in [6.07, 6.45) is 0. The van der Waals surface area contributed by atoms with Crippen LogP contribution in [0.1, 0.15) is 11.6 Å². The average molecular weight is 394 g/mol. The molecule has 0 aromatic heterocycles. The van der Waals surface area contributed by atoms with E-state index in [1.54, 1.807) is 0 Å². The SMILES string of the molecule is COc1cc(F)c(S(=O)(=O)N2CCN(C)C[C@H]2c2ccccc2)cc1OC. The normalized spacial score (nSPS) is 19.0. The van der Waals surface area contributed by atoms with E-state index in [9.17, 15) is 12.8 Å². The van der Waals surface area contributed by atoms with E-state index in [1.165, 1.54) is 24.6 Å². The topological polar surface area (TPSA) is 59.1 Å². The molecule has 1 fully saturated rings. The van der Waals surface area contributed by atoms with Gasteiger partial charge in [-0.2, -0.15) is 4.31 Å². The van der Waals surface area contributed by atoms with Crippen molar-refractivity contribution in [2.75, 3.05) is 40.9 Å². The summed E-state index contributed by atoms with van der Waals surface area (Å²) in [5.74, 6) is -0.548. The second kappa shape index (κ2) is 7.84. The van der Waals surface area contributed by atoms with Crippen molar-refractivity contribution >= 4 is 10.0 Å². The Morgan fingerprint density at radius 2 is 1.67 bits per heavy atom. The van der Waals surface area contributed by atoms with Crippen LogP contribution in [0.3, 0.4) is 0 Å². The van der Waals surface area contributed by atoms with Crippen LogP contribution >= 0.6 is 0 Å². The van der Waals surface area contributed by atoms with Gasteiger partial charge < -0.3 is 14.4 Å². The summed E-state index contributed by atoms with van der Waals surface area (Å²) in [5.41, 5.74) is 0.869. The highest BCUT2D eigenvalue weighted by molar-refractivity contribution is 7.89. The summed E-state index contributed by atoms with van der Waals surface area (Å²) >= 11 is 0. The lowest BCUT2D eigenvalue weighted by Crippen LogP contribution is -2.49. The first kappa shape index (κ1) is 19.6. The molecule has 1 atom stereocenters. The van der Waals surface area contributed by atoms with Crippen molar-refractivity contribution < 1.29 is 22.3 Å². The molecule has 0 saturated carbocycles. The third-order valence-corrected chi connectivity index (χ3v) is 6.67. The van der Waals surface area contributed by atoms with Crippen LogP contribution in [0.4, 0.5) is 4.39 Å². The third-order valence-electron chi connectivity index (χ3n) is 4.74. The zero-order chi connectivity index (χ0) is 19.6. The summed E-state index contributed by atoms with van der Waals surface area (Å²) in [4.78, 5) is 1.65. The van der Waals surface area contributed by atoms with E-state index >= 15 is 0 Å². The molecule has 1 aliphatic rings. The smallest absolute Gasteiger partial charge is 0.246 e. The molecular weight excluding hydrogens is 371 g/mol. The van der Waals surface area contributed by atoms with Gasteiger partial charge in [0.15, 0.2) is 11.5 Å². The molecule has 3 rings (SSSR count). The Hall–Kier alpha value is -2.16. The Bertz CT molecular complexity index is 905. The van der Waals surface area contributed by atoms with Crippen molar-refractivity contribution in [1.82, 2.24) is 9.21 Å². The maximum absolute atomic E-state index is 14.7. The number of halogens is 1. The van der Waals surface area contributed by atoms with Crippen LogP contribution in [0.2, 0.25) is 0 Å². The average Bonchev–Trinajstić information content (AvgIpc) is 2.67. The molecule has 27 heavy (non-hydrogen) atoms. The van der Waals surface area contributed by atoms with Crippen LogP contribution in [0.15, 0.2) is 47.4 Å². The second-order valence-electron chi connectivity index (χ2n) is 6.44. The number of methoxy groups -OCH3 is 2. The molecule has 0 spiro atoms. The lowest BCUT2D eigenvalue weighted by atomic mass is 10.1. The summed E-state index contributed by atoms with van der Waals surface area (Å²) in [6, 6.07) is 11.2. The van der Waals surface area contributed by atoms with Crippen LogP contribution in [0.5, 0.6) is 11.5 Å². The van der Waals surface area contributed by atoms with E-state index in [-0.39, 0.29) is 18.0 Å². The molecule has 1 heterocycles. The molecule has 146 valence electrons. The summed E-state index contributed by atoms with van der Waals surface area (Å²) < 4.78 is 52.9. The number of nitrogens with zero attached hydrogens (tertiary/aromatic N) is 2. The Kier molecular flexibility index (Phi) is 5.69. The predicted octanol–water partition coefficient (Wildman–Crippen LogP) is 2.52. The highest BCUT2D eigenvalue weighted by Crippen LogP contribution is 2.36. The first-order valence-electron chi connectivity index (χ1n) is 8.55. The van der Waals surface area contributed by atoms with Gasteiger partial charge in [-0.05, 0) is 12.6 Å². The Balaban J connectivity index is 2.07. The summed E-state index contributed by atoms with van der Waals surface area (Å²) in [6.45, 7) is 1.36. The number of piperazine rings is 1. The molecule has 2 aromatic rings. The molecule has 8 heteroatoms. The first-order valence-corrected chi connectivity index (χ1v) is 9.99. The van der Waals surface area contributed by atoms with E-state index in [4.69, 9.17) is 9.47 Å². The minimum atomic E-state index is -4.07. The van der Waals surface area contributed by atoms with Crippen LogP contribution < -0.4 is 9.47 Å². The van der Waals surface area contributed by atoms with Gasteiger partial charge in [0.1, 0.15) is 10.7 Å². The maximum atomic E-state index is 14.7. The minimum absolute atomic E-state index is 0.145. The van der Waals surface area contributed by atoms with Gasteiger partial charge in [0.2, 0.25) is 10.0 Å². The molecule has 0 N–H and O–H groups in total. The van der Waals surface area contributed by atoms with Gasteiger partial charge in [0.05, 0.1) is 20.3 Å². The molecule has 2 aromatic carbocycles. The number of hydrogen-bond acceptors (Lipinski definition) is 5. The van der Waals surface area contributed by atoms with Crippen molar-refractivity contribution in [2.45, 2.75) is 10.9 Å². The number of ether oxygens (including phenoxy) is 2. The monoisotopic (exact) mass is 394 g/mol. The molecule has 6 nitrogen and oxygen atoms in total. The molecule has 0 bridgehead atoms. The lowest BCUT2D eigenvalue weighted by molar-refractivity contribution is 0.160. The number of sulfonamides is 1. The molecule has 1 saturated heterocycles. The van der Waals surface area contributed by atoms with Gasteiger partial charge in [0, 0.05) is 31.8 Å². The fourth-order valence-electron chi connectivity index (χ4n) is 3.30. The van der Waals surface area contributed by atoms with Crippen molar-refractivity contribution in [3.63, 3.8) is 0 Å². The van der Waals surface area contributed by atoms with Crippen molar-refractivity contribution in [1.29, 1.82) is 0 Å². The maximum Gasteiger partial charge on any atom is 0.246 e. The van der Waals surface area contributed by atoms with Gasteiger partial charge in [-0.3, -0.25) is 0 Å². The Morgan fingerprint density at radius 1 is 1.04 bits per heavy atom. The Labute approximate surface area is 159 Å². The summed E-state index contributed by atoms with van der Waals surface area (Å²) in [5, 5.41) is 0. The highest BCUT2D eigenvalue weighted by atomic mass is 32.2. The summed E-state index contributed by atoms with van der Waals surface area (Å²) in [7, 11) is 0.623. The molecule has 0 unspecified atom stereocenters. The van der Waals surface area contributed by atoms with Crippen molar-refractivity contribution in [2.24, 2.45) is 0 Å². The van der Waals surface area contributed by atoms with Gasteiger partial charge in [-0.15, -0.1) is 0 Å². The van der Waals surface area contributed by atoms with E-state index in [0.29, 0.717) is 13.1 Å². The largest absolute Gasteiger partial charge is 0.493 e. The Morgan fingerprint density at radius 3 is 2.30 bits per heavy atom. The van der Waals surface area contributed by atoms with E-state index in [2.05, 4.69) is 4.90 Å². The van der Waals surface area contributed by atoms with Crippen LogP contribution in [-0.4, -0.2) is 58.5 Å². The molecular formula is C19H23FN2O4S. The van der Waals surface area contributed by atoms with Crippen molar-refractivity contribution in [3.8, 4) is 11.5 Å². The molecule has 0 amide bonds. The molecule has 0 radical (unpaired) electrons. The zero-order valence-electron chi connectivity index (χ0n) is 15.6. The standard InChI is InChI=1S/C19H23FN2O4S/c1-21-9-10-22(16(13-21)14-7-5-4-6-8-14)27(23,24)19-12-18(26-3)17(25-2)11-15(19)20/h4-8,11-12,16H,9-10,13H2,1-3H3/t16-/m0/s1. The third kappa shape index (κ3) is 3.78. The second-order valence-corrected chi connectivity index (χ2v) is 8.30.